The molecule has 0 amide bonds. The van der Waals surface area contributed by atoms with E-state index in [0.29, 0.717) is 11.8 Å². The molecule has 0 spiro atoms. The highest BCUT2D eigenvalue weighted by molar-refractivity contribution is 5.33. The summed E-state index contributed by atoms with van der Waals surface area (Å²) in [6.45, 7) is 2.32. The summed E-state index contributed by atoms with van der Waals surface area (Å²) < 4.78 is 0. The third-order valence-electron chi connectivity index (χ3n) is 6.45. The summed E-state index contributed by atoms with van der Waals surface area (Å²) in [5, 5.41) is 8.91. The molecule has 0 saturated heterocycles. The Hall–Kier alpha value is -1.99. The van der Waals surface area contributed by atoms with Crippen LogP contribution in [0.25, 0.3) is 0 Å². The zero-order valence-corrected chi connectivity index (χ0v) is 16.1. The third-order valence-corrected chi connectivity index (χ3v) is 6.45. The van der Waals surface area contributed by atoms with Gasteiger partial charge in [-0.05, 0) is 92.9 Å². The molecule has 1 nitrogen and oxygen atoms in total. The highest BCUT2D eigenvalue weighted by Gasteiger charge is 2.21. The normalized spacial score (nSPS) is 28.9. The predicted molar refractivity (Wildman–Crippen MR) is 109 cm³/mol. The number of hydrogen-bond donors (Lipinski definition) is 0. The molecule has 2 aliphatic carbocycles. The second-order valence-corrected chi connectivity index (χ2v) is 8.12. The van der Waals surface area contributed by atoms with E-state index in [1.54, 1.807) is 0 Å². The van der Waals surface area contributed by atoms with Gasteiger partial charge >= 0.3 is 0 Å². The Balaban J connectivity index is 1.42. The van der Waals surface area contributed by atoms with E-state index in [0.717, 1.165) is 17.4 Å². The summed E-state index contributed by atoms with van der Waals surface area (Å²) in [6, 6.07) is 10.3. The Morgan fingerprint density at radius 1 is 0.962 bits per heavy atom. The van der Waals surface area contributed by atoms with Crippen LogP contribution in [-0.4, -0.2) is 0 Å². The minimum Gasteiger partial charge on any atom is -0.192 e. The van der Waals surface area contributed by atoms with Gasteiger partial charge in [-0.2, -0.15) is 5.26 Å². The maximum Gasteiger partial charge on any atom is 0.0991 e. The van der Waals surface area contributed by atoms with Gasteiger partial charge in [0.25, 0.3) is 0 Å². The molecule has 0 aromatic heterocycles. The lowest BCUT2D eigenvalue weighted by molar-refractivity contribution is 0.304. The SMILES string of the molecule is CC[C@H]1CC[C@H](C=CC#C[C@H]2CC[C@H](c3ccc(C#N)cc3)CC2)CC1. The van der Waals surface area contributed by atoms with Crippen LogP contribution in [0.1, 0.15) is 81.8 Å². The summed E-state index contributed by atoms with van der Waals surface area (Å²) in [5.74, 6) is 9.76. The molecule has 0 atom stereocenters. The molecule has 0 unspecified atom stereocenters. The number of benzene rings is 1. The molecule has 0 bridgehead atoms. The van der Waals surface area contributed by atoms with Gasteiger partial charge in [-0.1, -0.05) is 43.4 Å². The van der Waals surface area contributed by atoms with Gasteiger partial charge in [-0.15, -0.1) is 0 Å². The van der Waals surface area contributed by atoms with Crippen molar-refractivity contribution in [2.75, 3.05) is 0 Å². The van der Waals surface area contributed by atoms with Gasteiger partial charge in [-0.3, -0.25) is 0 Å². The summed E-state index contributed by atoms with van der Waals surface area (Å²) in [4.78, 5) is 0. The minimum atomic E-state index is 0.560. The number of nitriles is 1. The van der Waals surface area contributed by atoms with E-state index in [-0.39, 0.29) is 0 Å². The van der Waals surface area contributed by atoms with Crippen molar-refractivity contribution in [2.24, 2.45) is 17.8 Å². The smallest absolute Gasteiger partial charge is 0.0991 e. The van der Waals surface area contributed by atoms with Crippen molar-refractivity contribution in [1.82, 2.24) is 0 Å². The van der Waals surface area contributed by atoms with E-state index in [2.05, 4.69) is 49.1 Å². The second kappa shape index (κ2) is 9.64. The van der Waals surface area contributed by atoms with Gasteiger partial charge in [0.15, 0.2) is 0 Å². The molecule has 2 fully saturated rings. The van der Waals surface area contributed by atoms with Crippen LogP contribution < -0.4 is 0 Å². The largest absolute Gasteiger partial charge is 0.192 e. The molecule has 0 heterocycles. The fourth-order valence-electron chi connectivity index (χ4n) is 4.54. The molecule has 1 aromatic rings. The van der Waals surface area contributed by atoms with Gasteiger partial charge in [0.2, 0.25) is 0 Å². The van der Waals surface area contributed by atoms with Crippen molar-refractivity contribution in [2.45, 2.75) is 70.6 Å². The van der Waals surface area contributed by atoms with Crippen LogP contribution in [0.3, 0.4) is 0 Å². The van der Waals surface area contributed by atoms with Gasteiger partial charge in [-0.25, -0.2) is 0 Å². The van der Waals surface area contributed by atoms with Crippen molar-refractivity contribution in [3.05, 3.63) is 47.5 Å². The van der Waals surface area contributed by atoms with Gasteiger partial charge in [0, 0.05) is 5.92 Å². The van der Waals surface area contributed by atoms with E-state index < -0.39 is 0 Å². The number of allylic oxidation sites excluding steroid dienone is 2. The Morgan fingerprint density at radius 2 is 1.65 bits per heavy atom. The lowest BCUT2D eigenvalue weighted by Gasteiger charge is -2.26. The van der Waals surface area contributed by atoms with Gasteiger partial charge in [0.1, 0.15) is 0 Å². The molecule has 2 aliphatic rings. The average molecular weight is 346 g/mol. The zero-order valence-electron chi connectivity index (χ0n) is 16.1. The van der Waals surface area contributed by atoms with Crippen molar-refractivity contribution >= 4 is 0 Å². The molecular formula is C25H31N. The number of nitrogens with zero attached hydrogens (tertiary/aromatic N) is 1. The second-order valence-electron chi connectivity index (χ2n) is 8.12. The molecule has 1 aromatic carbocycles. The number of hydrogen-bond acceptors (Lipinski definition) is 1. The molecule has 0 N–H and O–H groups in total. The van der Waals surface area contributed by atoms with E-state index in [1.165, 1.54) is 63.4 Å². The summed E-state index contributed by atoms with van der Waals surface area (Å²) >= 11 is 0. The lowest BCUT2D eigenvalue weighted by atomic mass is 9.79. The maximum atomic E-state index is 8.91. The van der Waals surface area contributed by atoms with Crippen molar-refractivity contribution < 1.29 is 0 Å². The monoisotopic (exact) mass is 345 g/mol. The molecule has 2 saturated carbocycles. The summed E-state index contributed by atoms with van der Waals surface area (Å²) in [6.07, 6.45) is 16.2. The van der Waals surface area contributed by atoms with E-state index in [1.807, 2.05) is 12.1 Å². The van der Waals surface area contributed by atoms with Crippen LogP contribution in [0.4, 0.5) is 0 Å². The molecule has 1 heteroatoms. The summed E-state index contributed by atoms with van der Waals surface area (Å²) in [5.41, 5.74) is 2.14. The molecule has 26 heavy (non-hydrogen) atoms. The quantitative estimate of drug-likeness (QED) is 0.566. The van der Waals surface area contributed by atoms with Crippen LogP contribution in [0, 0.1) is 40.9 Å². The van der Waals surface area contributed by atoms with Crippen LogP contribution in [-0.2, 0) is 0 Å². The Labute approximate surface area is 159 Å². The van der Waals surface area contributed by atoms with Gasteiger partial charge in [0.05, 0.1) is 11.6 Å². The highest BCUT2D eigenvalue weighted by atomic mass is 14.3. The first-order chi connectivity index (χ1) is 12.8. The first kappa shape index (κ1) is 18.8. The van der Waals surface area contributed by atoms with E-state index in [4.69, 9.17) is 5.26 Å². The van der Waals surface area contributed by atoms with E-state index in [9.17, 15) is 0 Å². The Kier molecular flexibility index (Phi) is 6.96. The lowest BCUT2D eigenvalue weighted by Crippen LogP contribution is -2.12. The fraction of sp³-hybridized carbons (Fsp3) is 0.560. The molecule has 0 radical (unpaired) electrons. The number of rotatable bonds is 3. The Morgan fingerprint density at radius 3 is 2.27 bits per heavy atom. The third kappa shape index (κ3) is 5.25. The topological polar surface area (TPSA) is 23.8 Å². The standard InChI is InChI=1S/C25H31N/c1-2-20-7-9-21(10-8-20)5-3-4-6-22-11-15-24(16-12-22)25-17-13-23(19-26)14-18-25/h3,5,13-14,17-18,20-22,24H,2,7-12,15-16H2,1H3/t20-,21-,22-,24-. The molecule has 136 valence electrons. The Bertz CT molecular complexity index is 678. The molecule has 0 aliphatic heterocycles. The van der Waals surface area contributed by atoms with Crippen LogP contribution in [0.5, 0.6) is 0 Å². The minimum absolute atomic E-state index is 0.560. The van der Waals surface area contributed by atoms with Crippen molar-refractivity contribution in [3.8, 4) is 17.9 Å². The van der Waals surface area contributed by atoms with E-state index >= 15 is 0 Å². The first-order valence-corrected chi connectivity index (χ1v) is 10.5. The average Bonchev–Trinajstić information content (AvgIpc) is 2.72. The summed E-state index contributed by atoms with van der Waals surface area (Å²) in [7, 11) is 0. The fourth-order valence-corrected chi connectivity index (χ4v) is 4.54. The zero-order chi connectivity index (χ0) is 18.2. The predicted octanol–water partition coefficient (Wildman–Crippen LogP) is 6.61. The van der Waals surface area contributed by atoms with Crippen molar-refractivity contribution in [1.29, 1.82) is 5.26 Å². The highest BCUT2D eigenvalue weighted by Crippen LogP contribution is 2.35. The molecule has 3 rings (SSSR count). The maximum absolute atomic E-state index is 8.91. The molecular weight excluding hydrogens is 314 g/mol. The van der Waals surface area contributed by atoms with Crippen LogP contribution in [0.15, 0.2) is 36.4 Å². The van der Waals surface area contributed by atoms with Gasteiger partial charge < -0.3 is 0 Å². The first-order valence-electron chi connectivity index (χ1n) is 10.5. The van der Waals surface area contributed by atoms with Crippen LogP contribution >= 0.6 is 0 Å². The van der Waals surface area contributed by atoms with Crippen molar-refractivity contribution in [3.63, 3.8) is 0 Å². The van der Waals surface area contributed by atoms with Crippen LogP contribution in [0.2, 0.25) is 0 Å².